The summed E-state index contributed by atoms with van der Waals surface area (Å²) < 4.78 is 17.8. The zero-order chi connectivity index (χ0) is 16.8. The second kappa shape index (κ2) is 7.01. The molecule has 122 valence electrons. The second-order valence-corrected chi connectivity index (χ2v) is 7.60. The summed E-state index contributed by atoms with van der Waals surface area (Å²) in [7, 11) is 1.64. The minimum atomic E-state index is -2.29. The van der Waals surface area contributed by atoms with E-state index in [1.165, 1.54) is 10.8 Å². The fraction of sp³-hybridized carbons (Fsp3) is 0.0476. The molecule has 0 fully saturated rings. The van der Waals surface area contributed by atoms with Gasteiger partial charge >= 0.3 is 34.0 Å². The number of hydrogen-bond donors (Lipinski definition) is 0. The molecule has 1 aliphatic rings. The molecule has 0 aliphatic carbocycles. The second-order valence-electron chi connectivity index (χ2n) is 6.08. The summed E-state index contributed by atoms with van der Waals surface area (Å²) in [4.78, 5) is 0. The van der Waals surface area contributed by atoms with E-state index in [1.54, 1.807) is 7.11 Å². The monoisotopic (exact) mass is 350 g/mol. The van der Waals surface area contributed by atoms with E-state index in [0.29, 0.717) is 0 Å². The molecule has 0 amide bonds. The Bertz CT molecular complexity index is 1030. The van der Waals surface area contributed by atoms with Gasteiger partial charge in [-0.05, 0) is 33.7 Å². The van der Waals surface area contributed by atoms with Crippen molar-refractivity contribution in [2.45, 2.75) is 0 Å². The van der Waals surface area contributed by atoms with E-state index in [9.17, 15) is 0 Å². The maximum Gasteiger partial charge on any atom is 1.10 e. The van der Waals surface area contributed by atoms with E-state index >= 15 is 0 Å². The molecule has 0 radical (unpaired) electrons. The molecule has 4 aromatic carbocycles. The molecule has 4 aromatic rings. The van der Waals surface area contributed by atoms with Crippen molar-refractivity contribution in [3.8, 4) is 22.6 Å². The predicted octanol–water partition coefficient (Wildman–Crippen LogP) is 2.18. The average Bonchev–Trinajstić information content (AvgIpc) is 2.84. The fourth-order valence-electron chi connectivity index (χ4n) is 3.54. The van der Waals surface area contributed by atoms with E-state index in [2.05, 4.69) is 60.7 Å². The molecular formula is C21H16AlLiO3. The van der Waals surface area contributed by atoms with Crippen molar-refractivity contribution in [3.63, 3.8) is 0 Å². The van der Waals surface area contributed by atoms with Crippen LogP contribution < -0.4 is 26.4 Å². The van der Waals surface area contributed by atoms with E-state index < -0.39 is 15.1 Å². The Hall–Kier alpha value is -1.91. The summed E-state index contributed by atoms with van der Waals surface area (Å²) in [6.45, 7) is 0. The van der Waals surface area contributed by atoms with Gasteiger partial charge in [0.15, 0.2) is 0 Å². The molecule has 0 saturated heterocycles. The number of fused-ring (bicyclic) bond motifs is 7. The van der Waals surface area contributed by atoms with Crippen molar-refractivity contribution >= 4 is 36.7 Å². The van der Waals surface area contributed by atoms with Crippen LogP contribution in [0.4, 0.5) is 0 Å². The quantitative estimate of drug-likeness (QED) is 0.493. The predicted molar refractivity (Wildman–Crippen MR) is 102 cm³/mol. The Labute approximate surface area is 170 Å². The van der Waals surface area contributed by atoms with E-state index in [0.717, 1.165) is 33.4 Å². The Kier molecular flexibility index (Phi) is 4.72. The van der Waals surface area contributed by atoms with Gasteiger partial charge in [0.05, 0.1) is 11.5 Å². The van der Waals surface area contributed by atoms with Crippen LogP contribution in [0.3, 0.4) is 0 Å². The van der Waals surface area contributed by atoms with Gasteiger partial charge in [0.1, 0.15) is 0 Å². The topological polar surface area (TPSA) is 27.7 Å². The third kappa shape index (κ3) is 2.72. The number of rotatable bonds is 1. The van der Waals surface area contributed by atoms with E-state index in [1.807, 2.05) is 12.1 Å². The Morgan fingerprint density at radius 3 is 1.62 bits per heavy atom. The molecule has 5 heteroatoms. The van der Waals surface area contributed by atoms with Crippen LogP contribution in [0.25, 0.3) is 32.7 Å². The van der Waals surface area contributed by atoms with Gasteiger partial charge in [-0.15, -0.1) is 0 Å². The van der Waals surface area contributed by atoms with Gasteiger partial charge in [0.25, 0.3) is 0 Å². The van der Waals surface area contributed by atoms with Crippen molar-refractivity contribution in [2.24, 2.45) is 0 Å². The Balaban J connectivity index is 0.00000105. The molecule has 0 spiro atoms. The van der Waals surface area contributed by atoms with Gasteiger partial charge in [0.2, 0.25) is 0 Å². The SMILES string of the molecule is C[O][Al]1[O]c2ccc3ccccc3c2-c2c(ccc3ccccc23)[O]1.[H-].[Li+]. The van der Waals surface area contributed by atoms with Gasteiger partial charge < -0.3 is 12.8 Å². The van der Waals surface area contributed by atoms with Crippen molar-refractivity contribution in [1.82, 2.24) is 0 Å². The van der Waals surface area contributed by atoms with Crippen LogP contribution >= 0.6 is 0 Å². The summed E-state index contributed by atoms with van der Waals surface area (Å²) in [6.07, 6.45) is 0. The summed E-state index contributed by atoms with van der Waals surface area (Å²) in [5.74, 6) is 1.65. The third-order valence-corrected chi connectivity index (χ3v) is 5.95. The molecular weight excluding hydrogens is 334 g/mol. The smallest absolute Gasteiger partial charge is 1.00 e. The third-order valence-electron chi connectivity index (χ3n) is 4.67. The molecule has 0 bridgehead atoms. The van der Waals surface area contributed by atoms with Gasteiger partial charge in [0, 0.05) is 18.2 Å². The Morgan fingerprint density at radius 2 is 1.15 bits per heavy atom. The van der Waals surface area contributed by atoms with Crippen LogP contribution in [0.1, 0.15) is 1.43 Å². The normalized spacial score (nSPS) is 12.4. The average molecular weight is 350 g/mol. The fourth-order valence-corrected chi connectivity index (χ4v) is 4.59. The van der Waals surface area contributed by atoms with Crippen molar-refractivity contribution < 1.29 is 31.7 Å². The molecule has 0 aromatic heterocycles. The maximum absolute atomic E-state index is 6.14. The summed E-state index contributed by atoms with van der Waals surface area (Å²) in [5, 5.41) is 4.68. The van der Waals surface area contributed by atoms with Crippen molar-refractivity contribution in [1.29, 1.82) is 0 Å². The molecule has 1 heterocycles. The zero-order valence-corrected chi connectivity index (χ0v) is 15.9. The molecule has 0 N–H and O–H groups in total. The van der Waals surface area contributed by atoms with E-state index in [4.69, 9.17) is 11.4 Å². The number of benzene rings is 4. The Morgan fingerprint density at radius 1 is 0.692 bits per heavy atom. The van der Waals surface area contributed by atoms with Gasteiger partial charge in [-0.25, -0.2) is 0 Å². The van der Waals surface area contributed by atoms with Crippen LogP contribution in [0.5, 0.6) is 11.5 Å². The summed E-state index contributed by atoms with van der Waals surface area (Å²) in [5.41, 5.74) is 2.16. The van der Waals surface area contributed by atoms with Crippen LogP contribution in [0.15, 0.2) is 72.8 Å². The first-order valence-corrected chi connectivity index (χ1v) is 9.66. The van der Waals surface area contributed by atoms with Gasteiger partial charge in [-0.2, -0.15) is 0 Å². The summed E-state index contributed by atoms with van der Waals surface area (Å²) in [6, 6.07) is 25.0. The first-order chi connectivity index (χ1) is 12.3. The molecule has 0 saturated carbocycles. The van der Waals surface area contributed by atoms with Crippen LogP contribution in [0.2, 0.25) is 0 Å². The maximum atomic E-state index is 6.14. The van der Waals surface area contributed by atoms with E-state index in [-0.39, 0.29) is 20.3 Å². The minimum Gasteiger partial charge on any atom is -1.00 e. The van der Waals surface area contributed by atoms with Crippen LogP contribution in [-0.2, 0) is 3.79 Å². The summed E-state index contributed by atoms with van der Waals surface area (Å²) >= 11 is -2.29. The standard InChI is InChI=1S/C20H14O2.CH3O.Al.Li.H/c21-17-11-9-13-5-1-3-7-15(13)19(17)20-16-8-4-2-6-14(16)10-12-18(20)22;1-2;;;/h1-12,21-22H;1H3;;;/q;-1;+3;+1;-1/p-2. The van der Waals surface area contributed by atoms with Gasteiger partial charge in [-0.3, -0.25) is 0 Å². The van der Waals surface area contributed by atoms with Crippen LogP contribution in [0, 0.1) is 0 Å². The van der Waals surface area contributed by atoms with Crippen molar-refractivity contribution in [3.05, 3.63) is 72.8 Å². The van der Waals surface area contributed by atoms with Crippen molar-refractivity contribution in [2.75, 3.05) is 7.11 Å². The molecule has 26 heavy (non-hydrogen) atoms. The minimum absolute atomic E-state index is 0. The molecule has 5 rings (SSSR count). The van der Waals surface area contributed by atoms with Gasteiger partial charge in [-0.1, -0.05) is 60.7 Å². The first-order valence-electron chi connectivity index (χ1n) is 8.25. The molecule has 3 nitrogen and oxygen atoms in total. The largest absolute Gasteiger partial charge is 1.10 e. The molecule has 0 atom stereocenters. The zero-order valence-electron chi connectivity index (χ0n) is 15.7. The molecule has 0 unspecified atom stereocenters. The number of hydrogen-bond acceptors (Lipinski definition) is 3. The van der Waals surface area contributed by atoms with Crippen LogP contribution in [-0.4, -0.2) is 22.3 Å². The first kappa shape index (κ1) is 17.5. The molecule has 1 aliphatic heterocycles.